The van der Waals surface area contributed by atoms with Gasteiger partial charge in [-0.3, -0.25) is 0 Å². The smallest absolute Gasteiger partial charge is 0.333 e. The molecule has 0 aromatic heterocycles. The molecule has 17 nitrogen and oxygen atoms in total. The maximum atomic E-state index is 13.3. The molecule has 456 valence electrons. The van der Waals surface area contributed by atoms with Crippen LogP contribution in [0.2, 0.25) is 169 Å². The first-order chi connectivity index (χ1) is 34.4. The average molecular weight is 1400 g/mol. The van der Waals surface area contributed by atoms with Crippen LogP contribution in [0.3, 0.4) is 0 Å². The SMILES string of the molecule is C=C(C)C(=O)OCCC[Si](O[Si](CCCOC(=O)C(=C)C)([SiH](O[SiH3])C(O[Si](C)(C)C)O[Si](C)(C)C)[SiH](O[SiH3])C(O[Si](C)(C)C)O[Si](C)(C)C)([SiH](O[SiH3])C(O[Si](C)(C)C)O[Si](C)(C)C)[SiH](O[SiH3])C(O[Si](C)(C)C)O[Si](C)(C)C. The second kappa shape index (κ2) is 32.5. The quantitative estimate of drug-likeness (QED) is 0.0274. The van der Waals surface area contributed by atoms with Crippen molar-refractivity contribution in [2.24, 2.45) is 0 Å². The molecule has 0 aliphatic rings. The lowest BCUT2D eigenvalue weighted by Crippen LogP contribution is -2.85. The zero-order valence-corrected chi connectivity index (χ0v) is 76.8. The summed E-state index contributed by atoms with van der Waals surface area (Å²) in [6.07, 6.45) is 0.826. The highest BCUT2D eigenvalue weighted by atomic mass is 29.7. The third-order valence-electron chi connectivity index (χ3n) is 10.7. The molecule has 0 saturated heterocycles. The Hall–Kier alpha value is 1.80. The summed E-state index contributed by atoms with van der Waals surface area (Å²) in [6.45, 7) is 63.9. The summed E-state index contributed by atoms with van der Waals surface area (Å²) in [6, 6.07) is 0.894. The van der Waals surface area contributed by atoms with Gasteiger partial charge in [0.2, 0.25) is 48.9 Å². The van der Waals surface area contributed by atoms with Gasteiger partial charge in [-0.25, -0.2) is 9.59 Å². The first-order valence-corrected chi connectivity index (χ1v) is 73.9. The van der Waals surface area contributed by atoms with Gasteiger partial charge < -0.3 is 65.5 Å². The molecule has 0 aliphatic heterocycles. The van der Waals surface area contributed by atoms with E-state index in [9.17, 15) is 13.7 Å². The van der Waals surface area contributed by atoms with Crippen LogP contribution >= 0.6 is 0 Å². The van der Waals surface area contributed by atoms with Crippen LogP contribution in [0, 0.1) is 0 Å². The Bertz CT molecular complexity index is 1540. The molecule has 0 N–H and O–H groups in total. The third kappa shape index (κ3) is 31.1. The lowest BCUT2D eigenvalue weighted by molar-refractivity contribution is -0.139. The van der Waals surface area contributed by atoms with Gasteiger partial charge in [-0.2, -0.15) is 0 Å². The summed E-state index contributed by atoms with van der Waals surface area (Å²) in [5, 5.41) is 0. The summed E-state index contributed by atoms with van der Waals surface area (Å²) in [7, 11) is -38.4. The van der Waals surface area contributed by atoms with Crippen LogP contribution < -0.4 is 0 Å². The fraction of sp³-hybridized carbons (Fsp3) is 0.857. The number of rotatable bonds is 40. The lowest BCUT2D eigenvalue weighted by Gasteiger charge is -2.56. The van der Waals surface area contributed by atoms with Crippen LogP contribution in [0.15, 0.2) is 24.3 Å². The molecular formula is C42H114O17Si18. The van der Waals surface area contributed by atoms with E-state index in [4.69, 9.17) is 61.3 Å². The minimum atomic E-state index is -3.92. The van der Waals surface area contributed by atoms with E-state index in [0.29, 0.717) is 78.0 Å². The molecule has 35 heteroatoms. The van der Waals surface area contributed by atoms with E-state index in [1.807, 2.05) is 0 Å². The molecule has 0 rings (SSSR count). The van der Waals surface area contributed by atoms with Crippen LogP contribution in [0.5, 0.6) is 0 Å². The second-order valence-electron chi connectivity index (χ2n) is 28.0. The average Bonchev–Trinajstić information content (AvgIpc) is 3.16. The minimum Gasteiger partial charge on any atom is -0.463 e. The predicted octanol–water partition coefficient (Wildman–Crippen LogP) is 4.58. The number of carbonyl (C=O) groups is 2. The van der Waals surface area contributed by atoms with Crippen molar-refractivity contribution < 1.29 is 75.0 Å². The molecule has 4 unspecified atom stereocenters. The molecule has 0 aliphatic carbocycles. The van der Waals surface area contributed by atoms with Crippen molar-refractivity contribution in [3.63, 3.8) is 0 Å². The maximum Gasteiger partial charge on any atom is 0.333 e. The molecule has 0 saturated carbocycles. The molecule has 0 radical (unpaired) electrons. The van der Waals surface area contributed by atoms with Crippen molar-refractivity contribution >= 4 is 169 Å². The third-order valence-corrected chi connectivity index (χ3v) is 83.5. The Morgan fingerprint density at radius 1 is 0.364 bits per heavy atom. The van der Waals surface area contributed by atoms with Gasteiger partial charge in [0, 0.05) is 11.1 Å². The van der Waals surface area contributed by atoms with E-state index < -0.39 is 151 Å². The van der Waals surface area contributed by atoms with Crippen molar-refractivity contribution in [2.45, 2.75) is 220 Å². The Kier molecular flexibility index (Phi) is 33.3. The van der Waals surface area contributed by atoms with Crippen LogP contribution in [0.4, 0.5) is 0 Å². The zero-order valence-electron chi connectivity index (χ0n) is 54.2. The number of carbonyl (C=O) groups excluding carboxylic acids is 2. The van der Waals surface area contributed by atoms with E-state index in [1.54, 1.807) is 13.8 Å². The Morgan fingerprint density at radius 2 is 0.532 bits per heavy atom. The van der Waals surface area contributed by atoms with Gasteiger partial charge in [0.25, 0.3) is 0 Å². The summed E-state index contributed by atoms with van der Waals surface area (Å²) in [5.41, 5.74) is 0.631. The van der Waals surface area contributed by atoms with Crippen molar-refractivity contribution in [2.75, 3.05) is 13.2 Å². The van der Waals surface area contributed by atoms with Gasteiger partial charge in [0.1, 0.15) is 65.6 Å². The van der Waals surface area contributed by atoms with Crippen molar-refractivity contribution in [1.82, 2.24) is 0 Å². The largest absolute Gasteiger partial charge is 0.463 e. The second-order valence-corrected chi connectivity index (χ2v) is 105. The van der Waals surface area contributed by atoms with Crippen LogP contribution in [-0.4, -0.2) is 206 Å². The van der Waals surface area contributed by atoms with Gasteiger partial charge in [0.15, 0.2) is 66.5 Å². The van der Waals surface area contributed by atoms with Gasteiger partial charge in [0.05, 0.1) is 13.2 Å². The molecular weight excluding hydrogens is 1280 g/mol. The number of hydrogen-bond donors (Lipinski definition) is 0. The predicted molar refractivity (Wildman–Crippen MR) is 366 cm³/mol. The minimum absolute atomic E-state index is 0.0961. The zero-order chi connectivity index (χ0) is 60.8. The molecule has 0 aromatic rings. The van der Waals surface area contributed by atoms with E-state index in [1.165, 1.54) is 0 Å². The van der Waals surface area contributed by atoms with E-state index in [-0.39, 0.29) is 13.2 Å². The summed E-state index contributed by atoms with van der Waals surface area (Å²) >= 11 is 0. The number of esters is 2. The van der Waals surface area contributed by atoms with Crippen molar-refractivity contribution in [3.8, 4) is 0 Å². The fourth-order valence-corrected chi connectivity index (χ4v) is 125. The Labute approximate surface area is 497 Å². The molecule has 0 amide bonds. The van der Waals surface area contributed by atoms with Gasteiger partial charge >= 0.3 is 11.9 Å². The number of ether oxygens (including phenoxy) is 2. The van der Waals surface area contributed by atoms with Gasteiger partial charge in [-0.1, -0.05) is 13.2 Å². The van der Waals surface area contributed by atoms with Crippen LogP contribution in [0.1, 0.15) is 26.7 Å². The van der Waals surface area contributed by atoms with E-state index in [0.717, 1.165) is 0 Å². The first-order valence-electron chi connectivity index (χ1n) is 27.3. The first kappa shape index (κ1) is 78.8. The standard InChI is InChI=1S/C42H114O17Si18/c1-35(2)37(43)45-31-29-33-76(64(55-60)39(47-68(5,6)7)48-69(8,9)10,65(56-61)40(49-70(11,12)13)50-71(14,15)16)59-77(34-30-32-46-38(44)36(3)4,66(57-62)41(51-72(17,18)19)52-73(20,21)22)67(58-63)42(53-74(23,24)25)54-75(26,27)28/h39-42,64-67H,1,3,29-34H2,2,4-28,60-63H3. The van der Waals surface area contributed by atoms with E-state index in [2.05, 4.69) is 170 Å². The molecule has 0 fully saturated rings. The fourth-order valence-electron chi connectivity index (χ4n) is 8.40. The normalized spacial score (nSPS) is 17.2. The number of hydrogen-bond acceptors (Lipinski definition) is 17. The summed E-state index contributed by atoms with van der Waals surface area (Å²) < 4.78 is 111. The molecule has 77 heavy (non-hydrogen) atoms. The van der Waals surface area contributed by atoms with Crippen LogP contribution in [0.25, 0.3) is 0 Å². The van der Waals surface area contributed by atoms with Crippen molar-refractivity contribution in [3.05, 3.63) is 24.3 Å². The molecule has 0 spiro atoms. The van der Waals surface area contributed by atoms with Crippen LogP contribution in [-0.2, 0) is 75.0 Å². The van der Waals surface area contributed by atoms with Gasteiger partial charge in [-0.15, -0.1) is 0 Å². The molecule has 0 bridgehead atoms. The Balaban J connectivity index is 10.6. The highest BCUT2D eigenvalue weighted by Crippen LogP contribution is 2.41. The molecule has 0 heterocycles. The lowest BCUT2D eigenvalue weighted by atomic mass is 10.4. The Morgan fingerprint density at radius 3 is 0.662 bits per heavy atom. The summed E-state index contributed by atoms with van der Waals surface area (Å²) in [4.78, 5) is 26.6. The highest BCUT2D eigenvalue weighted by molar-refractivity contribution is 7.63. The molecule has 0 aromatic carbocycles. The van der Waals surface area contributed by atoms with E-state index >= 15 is 0 Å². The van der Waals surface area contributed by atoms with Crippen molar-refractivity contribution in [1.29, 1.82) is 0 Å². The monoisotopic (exact) mass is 1390 g/mol. The molecule has 4 atom stereocenters. The topological polar surface area (TPSA) is 173 Å². The maximum absolute atomic E-state index is 13.3. The highest BCUT2D eigenvalue weighted by Gasteiger charge is 2.70. The van der Waals surface area contributed by atoms with Gasteiger partial charge in [-0.05, 0) is 196 Å². The summed E-state index contributed by atoms with van der Waals surface area (Å²) in [5.74, 6) is -3.88.